The average Bonchev–Trinajstić information content (AvgIpc) is 2.63. The Balaban J connectivity index is 0.00000169. The van der Waals surface area contributed by atoms with E-state index < -0.39 is 0 Å². The molecule has 2 aliphatic rings. The molecule has 0 aliphatic carbocycles. The van der Waals surface area contributed by atoms with Crippen LogP contribution in [0.1, 0.15) is 30.4 Å². The number of hydrogen-bond donors (Lipinski definition) is 2. The van der Waals surface area contributed by atoms with Gasteiger partial charge in [-0.1, -0.05) is 24.3 Å². The van der Waals surface area contributed by atoms with Crippen LogP contribution in [0.25, 0.3) is 0 Å². The molecule has 1 amide bonds. The number of hydrogen-bond acceptors (Lipinski definition) is 4. The average molecular weight is 404 g/mol. The van der Waals surface area contributed by atoms with Crippen LogP contribution in [0, 0.1) is 5.92 Å². The minimum atomic E-state index is 0. The summed E-state index contributed by atoms with van der Waals surface area (Å²) in [6, 6.07) is 8.59. The van der Waals surface area contributed by atoms with Gasteiger partial charge in [0.05, 0.1) is 13.2 Å². The number of rotatable bonds is 6. The number of benzene rings is 1. The molecule has 5 nitrogen and oxygen atoms in total. The maximum atomic E-state index is 12.1. The van der Waals surface area contributed by atoms with Crippen molar-refractivity contribution >= 4 is 30.7 Å². The summed E-state index contributed by atoms with van der Waals surface area (Å²) in [4.78, 5) is 14.5. The second-order valence-corrected chi connectivity index (χ2v) is 6.88. The molecule has 0 radical (unpaired) electrons. The summed E-state index contributed by atoms with van der Waals surface area (Å²) >= 11 is 0. The zero-order valence-electron chi connectivity index (χ0n) is 15.2. The molecule has 2 aliphatic heterocycles. The lowest BCUT2D eigenvalue weighted by molar-refractivity contribution is -0.122. The van der Waals surface area contributed by atoms with E-state index >= 15 is 0 Å². The van der Waals surface area contributed by atoms with Crippen molar-refractivity contribution in [3.63, 3.8) is 0 Å². The Kier molecular flexibility index (Phi) is 11.2. The van der Waals surface area contributed by atoms with Crippen molar-refractivity contribution in [1.82, 2.24) is 15.5 Å². The fraction of sp³-hybridized carbons (Fsp3) is 0.632. The lowest BCUT2D eigenvalue weighted by atomic mass is 9.94. The van der Waals surface area contributed by atoms with Gasteiger partial charge in [0.25, 0.3) is 0 Å². The van der Waals surface area contributed by atoms with Gasteiger partial charge in [-0.3, -0.25) is 9.69 Å². The minimum Gasteiger partial charge on any atom is -0.379 e. The third kappa shape index (κ3) is 7.80. The summed E-state index contributed by atoms with van der Waals surface area (Å²) in [6.45, 7) is 7.38. The number of ether oxygens (including phenoxy) is 1. The van der Waals surface area contributed by atoms with E-state index in [0.717, 1.165) is 58.8 Å². The van der Waals surface area contributed by atoms with E-state index in [1.807, 2.05) is 0 Å². The maximum absolute atomic E-state index is 12.1. The third-order valence-corrected chi connectivity index (χ3v) is 4.96. The number of morpholine rings is 1. The molecule has 1 aromatic carbocycles. The van der Waals surface area contributed by atoms with Crippen LogP contribution in [-0.2, 0) is 22.6 Å². The summed E-state index contributed by atoms with van der Waals surface area (Å²) in [6.07, 6.45) is 2.89. The highest BCUT2D eigenvalue weighted by atomic mass is 35.5. The van der Waals surface area contributed by atoms with Crippen LogP contribution >= 0.6 is 24.8 Å². The molecule has 26 heavy (non-hydrogen) atoms. The number of nitrogens with one attached hydrogen (secondary N) is 2. The molecule has 0 aromatic heterocycles. The summed E-state index contributed by atoms with van der Waals surface area (Å²) in [5.41, 5.74) is 2.49. The number of carbonyl (C=O) groups excluding carboxylic acids is 1. The molecule has 148 valence electrons. The smallest absolute Gasteiger partial charge is 0.220 e. The molecule has 0 spiro atoms. The van der Waals surface area contributed by atoms with Gasteiger partial charge >= 0.3 is 0 Å². The highest BCUT2D eigenvalue weighted by Gasteiger charge is 2.16. The molecule has 2 fully saturated rings. The first-order valence-corrected chi connectivity index (χ1v) is 9.15. The van der Waals surface area contributed by atoms with Gasteiger partial charge in [0.1, 0.15) is 0 Å². The topological polar surface area (TPSA) is 53.6 Å². The molecule has 3 rings (SSSR count). The summed E-state index contributed by atoms with van der Waals surface area (Å²) in [7, 11) is 0. The van der Waals surface area contributed by atoms with Crippen LogP contribution < -0.4 is 10.6 Å². The Labute approximate surface area is 169 Å². The SMILES string of the molecule is Cl.Cl.O=C(CC1CCNCC1)NCc1ccc(CN2CCOCC2)cc1. The van der Waals surface area contributed by atoms with E-state index in [1.54, 1.807) is 0 Å². The van der Waals surface area contributed by atoms with Gasteiger partial charge < -0.3 is 15.4 Å². The van der Waals surface area contributed by atoms with Crippen LogP contribution in [0.4, 0.5) is 0 Å². The second kappa shape index (κ2) is 12.5. The molecule has 0 unspecified atom stereocenters. The van der Waals surface area contributed by atoms with Crippen LogP contribution in [0.15, 0.2) is 24.3 Å². The van der Waals surface area contributed by atoms with Gasteiger partial charge in [0.2, 0.25) is 5.91 Å². The molecule has 7 heteroatoms. The maximum Gasteiger partial charge on any atom is 0.220 e. The third-order valence-electron chi connectivity index (χ3n) is 4.96. The van der Waals surface area contributed by atoms with Crippen molar-refractivity contribution in [2.75, 3.05) is 39.4 Å². The van der Waals surface area contributed by atoms with Gasteiger partial charge in [-0.2, -0.15) is 0 Å². The molecule has 2 N–H and O–H groups in total. The summed E-state index contributed by atoms with van der Waals surface area (Å²) in [5.74, 6) is 0.724. The number of halogens is 2. The number of amides is 1. The highest BCUT2D eigenvalue weighted by Crippen LogP contribution is 2.15. The molecule has 2 saturated heterocycles. The number of carbonyl (C=O) groups is 1. The van der Waals surface area contributed by atoms with Crippen molar-refractivity contribution in [2.45, 2.75) is 32.4 Å². The van der Waals surface area contributed by atoms with E-state index in [0.29, 0.717) is 18.9 Å². The van der Waals surface area contributed by atoms with Crippen molar-refractivity contribution < 1.29 is 9.53 Å². The molecule has 2 heterocycles. The fourth-order valence-electron chi connectivity index (χ4n) is 3.40. The largest absolute Gasteiger partial charge is 0.379 e. The normalized spacial score (nSPS) is 18.5. The number of piperidine rings is 1. The van der Waals surface area contributed by atoms with Crippen LogP contribution in [0.3, 0.4) is 0 Å². The Morgan fingerprint density at radius 3 is 2.35 bits per heavy atom. The second-order valence-electron chi connectivity index (χ2n) is 6.88. The Morgan fingerprint density at radius 2 is 1.69 bits per heavy atom. The van der Waals surface area contributed by atoms with E-state index in [-0.39, 0.29) is 30.7 Å². The van der Waals surface area contributed by atoms with Gasteiger partial charge in [-0.15, -0.1) is 24.8 Å². The first-order valence-electron chi connectivity index (χ1n) is 9.15. The van der Waals surface area contributed by atoms with Crippen LogP contribution in [0.5, 0.6) is 0 Å². The van der Waals surface area contributed by atoms with Crippen molar-refractivity contribution in [3.8, 4) is 0 Å². The van der Waals surface area contributed by atoms with Gasteiger partial charge in [-0.25, -0.2) is 0 Å². The highest BCUT2D eigenvalue weighted by molar-refractivity contribution is 5.85. The molecular formula is C19H31Cl2N3O2. The van der Waals surface area contributed by atoms with Gasteiger partial charge in [0.15, 0.2) is 0 Å². The van der Waals surface area contributed by atoms with Gasteiger partial charge in [0, 0.05) is 32.6 Å². The number of nitrogens with zero attached hydrogens (tertiary/aromatic N) is 1. The predicted molar refractivity (Wildman–Crippen MR) is 109 cm³/mol. The Hall–Kier alpha value is -0.850. The standard InChI is InChI=1S/C19H29N3O2.2ClH/c23-19(13-16-5-7-20-8-6-16)21-14-17-1-3-18(4-2-17)15-22-9-11-24-12-10-22;;/h1-4,16,20H,5-15H2,(H,21,23);2*1H. The van der Waals surface area contributed by atoms with E-state index in [4.69, 9.17) is 4.74 Å². The van der Waals surface area contributed by atoms with E-state index in [1.165, 1.54) is 11.1 Å². The monoisotopic (exact) mass is 403 g/mol. The first-order chi connectivity index (χ1) is 11.8. The predicted octanol–water partition coefficient (Wildman–Crippen LogP) is 2.37. The molecule has 0 saturated carbocycles. The van der Waals surface area contributed by atoms with Crippen molar-refractivity contribution in [2.24, 2.45) is 5.92 Å². The van der Waals surface area contributed by atoms with E-state index in [2.05, 4.69) is 39.8 Å². The van der Waals surface area contributed by atoms with Crippen molar-refractivity contribution in [3.05, 3.63) is 35.4 Å². The molecular weight excluding hydrogens is 373 g/mol. The summed E-state index contributed by atoms with van der Waals surface area (Å²) < 4.78 is 5.38. The lowest BCUT2D eigenvalue weighted by Gasteiger charge is -2.26. The first kappa shape index (κ1) is 23.2. The quantitative estimate of drug-likeness (QED) is 0.765. The zero-order chi connectivity index (χ0) is 16.6. The molecule has 0 bridgehead atoms. The van der Waals surface area contributed by atoms with Gasteiger partial charge in [-0.05, 0) is 43.0 Å². The lowest BCUT2D eigenvalue weighted by Crippen LogP contribution is -2.35. The van der Waals surface area contributed by atoms with E-state index in [9.17, 15) is 4.79 Å². The Bertz CT molecular complexity index is 516. The van der Waals surface area contributed by atoms with Crippen LogP contribution in [0.2, 0.25) is 0 Å². The fourth-order valence-corrected chi connectivity index (χ4v) is 3.40. The zero-order valence-corrected chi connectivity index (χ0v) is 16.9. The van der Waals surface area contributed by atoms with Crippen molar-refractivity contribution in [1.29, 1.82) is 0 Å². The Morgan fingerprint density at radius 1 is 1.08 bits per heavy atom. The summed E-state index contributed by atoms with van der Waals surface area (Å²) in [5, 5.41) is 6.40. The molecule has 1 aromatic rings. The van der Waals surface area contributed by atoms with Crippen LogP contribution in [-0.4, -0.2) is 50.2 Å². The molecule has 0 atom stereocenters. The minimum absolute atomic E-state index is 0.